The fraction of sp³-hybridized carbons (Fsp3) is 0.294. The molecule has 2 aromatic carbocycles. The third kappa shape index (κ3) is 2.96. The number of phenols is 1. The fourth-order valence-corrected chi connectivity index (χ4v) is 2.54. The van der Waals surface area contributed by atoms with Gasteiger partial charge in [0.25, 0.3) is 0 Å². The standard InChI is InChI=1S/C17H20O2/c1-2-17(13-18,15-8-4-3-5-9-15)12-14-7-6-10-16(19)11-14/h3-11,18-19H,2,12-13H2,1H3. The average Bonchev–Trinajstić information content (AvgIpc) is 2.46. The Morgan fingerprint density at radius 2 is 1.74 bits per heavy atom. The number of aliphatic hydroxyl groups is 1. The summed E-state index contributed by atoms with van der Waals surface area (Å²) in [5, 5.41) is 19.5. The van der Waals surface area contributed by atoms with Crippen LogP contribution >= 0.6 is 0 Å². The molecule has 0 radical (unpaired) electrons. The summed E-state index contributed by atoms with van der Waals surface area (Å²) in [5.41, 5.74) is 1.90. The van der Waals surface area contributed by atoms with Crippen LogP contribution in [-0.4, -0.2) is 16.8 Å². The molecule has 0 aliphatic rings. The molecule has 0 saturated carbocycles. The summed E-state index contributed by atoms with van der Waals surface area (Å²) in [7, 11) is 0. The van der Waals surface area contributed by atoms with Gasteiger partial charge in [-0.1, -0.05) is 49.4 Å². The van der Waals surface area contributed by atoms with Crippen LogP contribution < -0.4 is 0 Å². The van der Waals surface area contributed by atoms with Crippen LogP contribution in [-0.2, 0) is 11.8 Å². The minimum absolute atomic E-state index is 0.100. The lowest BCUT2D eigenvalue weighted by molar-refractivity contribution is 0.186. The molecule has 2 N–H and O–H groups in total. The van der Waals surface area contributed by atoms with Gasteiger partial charge >= 0.3 is 0 Å². The van der Waals surface area contributed by atoms with Gasteiger partial charge < -0.3 is 10.2 Å². The van der Waals surface area contributed by atoms with Gasteiger partial charge in [0.15, 0.2) is 0 Å². The van der Waals surface area contributed by atoms with Crippen LogP contribution in [0.1, 0.15) is 24.5 Å². The molecule has 2 aromatic rings. The molecular weight excluding hydrogens is 236 g/mol. The normalized spacial score (nSPS) is 14.0. The topological polar surface area (TPSA) is 40.5 Å². The highest BCUT2D eigenvalue weighted by atomic mass is 16.3. The highest BCUT2D eigenvalue weighted by Crippen LogP contribution is 2.32. The first-order valence-electron chi connectivity index (χ1n) is 6.64. The van der Waals surface area contributed by atoms with Crippen LogP contribution in [0.25, 0.3) is 0 Å². The number of phenolic OH excluding ortho intramolecular Hbond substituents is 1. The zero-order valence-corrected chi connectivity index (χ0v) is 11.2. The Kier molecular flexibility index (Phi) is 4.23. The Labute approximate surface area is 114 Å². The van der Waals surface area contributed by atoms with Gasteiger partial charge in [0.1, 0.15) is 5.75 Å². The zero-order chi connectivity index (χ0) is 13.7. The van der Waals surface area contributed by atoms with Crippen molar-refractivity contribution in [3.8, 4) is 5.75 Å². The van der Waals surface area contributed by atoms with Crippen LogP contribution in [0.5, 0.6) is 5.75 Å². The minimum Gasteiger partial charge on any atom is -0.508 e. The molecule has 0 aliphatic heterocycles. The lowest BCUT2D eigenvalue weighted by Crippen LogP contribution is -2.32. The van der Waals surface area contributed by atoms with E-state index in [-0.39, 0.29) is 17.8 Å². The summed E-state index contributed by atoms with van der Waals surface area (Å²) >= 11 is 0. The van der Waals surface area contributed by atoms with Gasteiger partial charge in [-0.2, -0.15) is 0 Å². The maximum absolute atomic E-state index is 9.90. The highest BCUT2D eigenvalue weighted by molar-refractivity contribution is 5.33. The van der Waals surface area contributed by atoms with E-state index in [1.165, 1.54) is 0 Å². The summed E-state index contributed by atoms with van der Waals surface area (Å²) in [6.45, 7) is 2.19. The van der Waals surface area contributed by atoms with E-state index in [4.69, 9.17) is 0 Å². The maximum Gasteiger partial charge on any atom is 0.115 e. The van der Waals surface area contributed by atoms with Crippen LogP contribution in [0.3, 0.4) is 0 Å². The monoisotopic (exact) mass is 256 g/mol. The molecule has 0 aromatic heterocycles. The van der Waals surface area contributed by atoms with Gasteiger partial charge in [-0.05, 0) is 36.1 Å². The Hall–Kier alpha value is -1.80. The van der Waals surface area contributed by atoms with Crippen LogP contribution in [0.15, 0.2) is 54.6 Å². The quantitative estimate of drug-likeness (QED) is 0.862. The molecule has 1 atom stereocenters. The lowest BCUT2D eigenvalue weighted by atomic mass is 9.74. The number of hydrogen-bond donors (Lipinski definition) is 2. The van der Waals surface area contributed by atoms with E-state index in [0.29, 0.717) is 0 Å². The second kappa shape index (κ2) is 5.89. The minimum atomic E-state index is -0.283. The van der Waals surface area contributed by atoms with E-state index in [2.05, 4.69) is 19.1 Å². The Morgan fingerprint density at radius 1 is 1.00 bits per heavy atom. The second-order valence-electron chi connectivity index (χ2n) is 5.00. The van der Waals surface area contributed by atoms with Gasteiger partial charge in [-0.25, -0.2) is 0 Å². The average molecular weight is 256 g/mol. The van der Waals surface area contributed by atoms with E-state index in [9.17, 15) is 10.2 Å². The number of aromatic hydroxyl groups is 1. The molecule has 2 rings (SSSR count). The zero-order valence-electron chi connectivity index (χ0n) is 11.2. The van der Waals surface area contributed by atoms with Crippen molar-refractivity contribution in [2.24, 2.45) is 0 Å². The van der Waals surface area contributed by atoms with Crippen molar-refractivity contribution in [3.63, 3.8) is 0 Å². The number of rotatable bonds is 5. The number of hydrogen-bond acceptors (Lipinski definition) is 2. The first-order chi connectivity index (χ1) is 9.20. The molecule has 100 valence electrons. The van der Waals surface area contributed by atoms with Crippen molar-refractivity contribution < 1.29 is 10.2 Å². The summed E-state index contributed by atoms with van der Waals surface area (Å²) in [6.07, 6.45) is 1.57. The van der Waals surface area contributed by atoms with E-state index in [0.717, 1.165) is 24.0 Å². The molecule has 19 heavy (non-hydrogen) atoms. The van der Waals surface area contributed by atoms with E-state index in [1.807, 2.05) is 30.3 Å². The summed E-state index contributed by atoms with van der Waals surface area (Å²) in [5.74, 6) is 0.272. The van der Waals surface area contributed by atoms with Crippen molar-refractivity contribution in [1.82, 2.24) is 0 Å². The van der Waals surface area contributed by atoms with E-state index < -0.39 is 0 Å². The van der Waals surface area contributed by atoms with Crippen LogP contribution in [0.2, 0.25) is 0 Å². The predicted octanol–water partition coefficient (Wildman–Crippen LogP) is 3.28. The number of aliphatic hydroxyl groups excluding tert-OH is 1. The van der Waals surface area contributed by atoms with Crippen molar-refractivity contribution in [2.75, 3.05) is 6.61 Å². The predicted molar refractivity (Wildman–Crippen MR) is 77.3 cm³/mol. The molecule has 0 spiro atoms. The van der Waals surface area contributed by atoms with Gasteiger partial charge in [-0.15, -0.1) is 0 Å². The second-order valence-corrected chi connectivity index (χ2v) is 5.00. The first kappa shape index (κ1) is 13.6. The molecule has 0 bridgehead atoms. The molecule has 1 unspecified atom stereocenters. The molecule has 0 fully saturated rings. The van der Waals surface area contributed by atoms with Crippen LogP contribution in [0.4, 0.5) is 0 Å². The maximum atomic E-state index is 9.90. The summed E-state index contributed by atoms with van der Waals surface area (Å²) in [4.78, 5) is 0. The van der Waals surface area contributed by atoms with E-state index >= 15 is 0 Å². The molecule has 0 amide bonds. The van der Waals surface area contributed by atoms with Gasteiger partial charge in [0.2, 0.25) is 0 Å². The molecule has 0 saturated heterocycles. The summed E-state index contributed by atoms with van der Waals surface area (Å²) < 4.78 is 0. The Morgan fingerprint density at radius 3 is 2.32 bits per heavy atom. The van der Waals surface area contributed by atoms with Gasteiger partial charge in [0, 0.05) is 5.41 Å². The largest absolute Gasteiger partial charge is 0.508 e. The lowest BCUT2D eigenvalue weighted by Gasteiger charge is -2.31. The van der Waals surface area contributed by atoms with Crippen LogP contribution in [0, 0.1) is 0 Å². The Balaban J connectivity index is 2.35. The third-order valence-electron chi connectivity index (χ3n) is 3.82. The first-order valence-corrected chi connectivity index (χ1v) is 6.64. The molecular formula is C17H20O2. The van der Waals surface area contributed by atoms with Crippen molar-refractivity contribution in [1.29, 1.82) is 0 Å². The van der Waals surface area contributed by atoms with Crippen molar-refractivity contribution in [3.05, 3.63) is 65.7 Å². The van der Waals surface area contributed by atoms with E-state index in [1.54, 1.807) is 12.1 Å². The third-order valence-corrected chi connectivity index (χ3v) is 3.82. The fourth-order valence-electron chi connectivity index (χ4n) is 2.54. The Bertz CT molecular complexity index is 516. The molecule has 0 heterocycles. The smallest absolute Gasteiger partial charge is 0.115 e. The molecule has 2 heteroatoms. The van der Waals surface area contributed by atoms with Crippen molar-refractivity contribution >= 4 is 0 Å². The highest BCUT2D eigenvalue weighted by Gasteiger charge is 2.29. The SMILES string of the molecule is CCC(CO)(Cc1cccc(O)c1)c1ccccc1. The number of benzene rings is 2. The molecule has 2 nitrogen and oxygen atoms in total. The van der Waals surface area contributed by atoms with Gasteiger partial charge in [0.05, 0.1) is 6.61 Å². The summed E-state index contributed by atoms with van der Waals surface area (Å²) in [6, 6.07) is 17.4. The molecule has 0 aliphatic carbocycles. The van der Waals surface area contributed by atoms with Gasteiger partial charge in [-0.3, -0.25) is 0 Å². The van der Waals surface area contributed by atoms with Crippen molar-refractivity contribution in [2.45, 2.75) is 25.2 Å².